The zero-order valence-electron chi connectivity index (χ0n) is 9.90. The molecule has 0 radical (unpaired) electrons. The Labute approximate surface area is 114 Å². The summed E-state index contributed by atoms with van der Waals surface area (Å²) in [5.41, 5.74) is 2.17. The van der Waals surface area contributed by atoms with Gasteiger partial charge in [0.15, 0.2) is 0 Å². The molecule has 0 bridgehead atoms. The number of pyridine rings is 1. The van der Waals surface area contributed by atoms with Crippen LogP contribution in [0, 0.1) is 12.7 Å². The number of aryl methyl sites for hydroxylation is 1. The Hall–Kier alpha value is -1.26. The van der Waals surface area contributed by atoms with Gasteiger partial charge in [-0.1, -0.05) is 15.9 Å². The first-order valence-electron chi connectivity index (χ1n) is 5.60. The largest absolute Gasteiger partial charge is 0.388 e. The summed E-state index contributed by atoms with van der Waals surface area (Å²) in [5, 5.41) is 10.1. The van der Waals surface area contributed by atoms with E-state index in [0.717, 1.165) is 15.6 Å². The van der Waals surface area contributed by atoms with Crippen molar-refractivity contribution in [1.82, 2.24) is 4.98 Å². The monoisotopic (exact) mass is 309 g/mol. The highest BCUT2D eigenvalue weighted by Gasteiger charge is 2.14. The first-order chi connectivity index (χ1) is 8.58. The summed E-state index contributed by atoms with van der Waals surface area (Å²) in [6, 6.07) is 6.54. The maximum atomic E-state index is 13.6. The maximum absolute atomic E-state index is 13.6. The Balaban J connectivity index is 2.24. The number of aliphatic hydroxyl groups is 1. The van der Waals surface area contributed by atoms with Gasteiger partial charge in [0.2, 0.25) is 0 Å². The van der Waals surface area contributed by atoms with Crippen LogP contribution in [0.15, 0.2) is 41.1 Å². The molecule has 4 heteroatoms. The molecule has 18 heavy (non-hydrogen) atoms. The van der Waals surface area contributed by atoms with Gasteiger partial charge in [-0.05, 0) is 42.3 Å². The van der Waals surface area contributed by atoms with Crippen molar-refractivity contribution in [3.63, 3.8) is 0 Å². The zero-order chi connectivity index (χ0) is 13.1. The molecule has 1 N–H and O–H groups in total. The third-order valence-corrected chi connectivity index (χ3v) is 3.35. The minimum atomic E-state index is -0.748. The lowest BCUT2D eigenvalue weighted by molar-refractivity contribution is 0.176. The molecule has 1 heterocycles. The van der Waals surface area contributed by atoms with Crippen molar-refractivity contribution < 1.29 is 9.50 Å². The van der Waals surface area contributed by atoms with Crippen molar-refractivity contribution in [2.45, 2.75) is 19.4 Å². The van der Waals surface area contributed by atoms with E-state index in [1.165, 1.54) is 6.07 Å². The fraction of sp³-hybridized carbons (Fsp3) is 0.214. The molecule has 0 aliphatic carbocycles. The second-order valence-electron chi connectivity index (χ2n) is 4.19. The van der Waals surface area contributed by atoms with Gasteiger partial charge < -0.3 is 5.11 Å². The number of nitrogens with zero attached hydrogens (tertiary/aromatic N) is 1. The van der Waals surface area contributed by atoms with E-state index in [9.17, 15) is 9.50 Å². The second kappa shape index (κ2) is 5.59. The molecule has 2 rings (SSSR count). The predicted molar refractivity (Wildman–Crippen MR) is 71.7 cm³/mol. The standard InChI is InChI=1S/C14H13BrFNO/c1-9-4-5-17-8-12(9)14(18)7-10-6-11(15)2-3-13(10)16/h2-6,8,14,18H,7H2,1H3. The Morgan fingerprint density at radius 1 is 1.39 bits per heavy atom. The zero-order valence-corrected chi connectivity index (χ0v) is 11.5. The van der Waals surface area contributed by atoms with Gasteiger partial charge in [-0.2, -0.15) is 0 Å². The lowest BCUT2D eigenvalue weighted by Gasteiger charge is -2.13. The third kappa shape index (κ3) is 2.94. The second-order valence-corrected chi connectivity index (χ2v) is 5.10. The summed E-state index contributed by atoms with van der Waals surface area (Å²) in [5.74, 6) is -0.307. The van der Waals surface area contributed by atoms with E-state index in [1.807, 2.05) is 13.0 Å². The van der Waals surface area contributed by atoms with Gasteiger partial charge in [0.1, 0.15) is 5.82 Å². The fourth-order valence-electron chi connectivity index (χ4n) is 1.84. The van der Waals surface area contributed by atoms with Crippen LogP contribution in [-0.2, 0) is 6.42 Å². The van der Waals surface area contributed by atoms with Gasteiger partial charge in [-0.25, -0.2) is 4.39 Å². The van der Waals surface area contributed by atoms with E-state index in [0.29, 0.717) is 5.56 Å². The van der Waals surface area contributed by atoms with Crippen LogP contribution in [0.3, 0.4) is 0 Å². The van der Waals surface area contributed by atoms with E-state index in [4.69, 9.17) is 0 Å². The minimum Gasteiger partial charge on any atom is -0.388 e. The number of halogens is 2. The summed E-state index contributed by atoms with van der Waals surface area (Å²) >= 11 is 3.30. The molecule has 0 aliphatic rings. The lowest BCUT2D eigenvalue weighted by Crippen LogP contribution is -2.05. The van der Waals surface area contributed by atoms with Crippen LogP contribution >= 0.6 is 15.9 Å². The van der Waals surface area contributed by atoms with Crippen molar-refractivity contribution in [1.29, 1.82) is 0 Å². The Kier molecular flexibility index (Phi) is 4.09. The number of aliphatic hydroxyl groups excluding tert-OH is 1. The molecule has 1 atom stereocenters. The van der Waals surface area contributed by atoms with Crippen LogP contribution in [0.5, 0.6) is 0 Å². The van der Waals surface area contributed by atoms with E-state index in [2.05, 4.69) is 20.9 Å². The fourth-order valence-corrected chi connectivity index (χ4v) is 2.25. The lowest BCUT2D eigenvalue weighted by atomic mass is 9.99. The number of benzene rings is 1. The highest BCUT2D eigenvalue weighted by molar-refractivity contribution is 9.10. The van der Waals surface area contributed by atoms with E-state index in [1.54, 1.807) is 24.5 Å². The molecule has 94 valence electrons. The van der Waals surface area contributed by atoms with Crippen LogP contribution in [0.25, 0.3) is 0 Å². The molecule has 1 aromatic carbocycles. The van der Waals surface area contributed by atoms with Gasteiger partial charge >= 0.3 is 0 Å². The Bertz CT molecular complexity index is 559. The van der Waals surface area contributed by atoms with Crippen molar-refractivity contribution in [3.8, 4) is 0 Å². The number of aromatic nitrogens is 1. The summed E-state index contributed by atoms with van der Waals surface area (Å²) in [7, 11) is 0. The number of hydrogen-bond donors (Lipinski definition) is 1. The predicted octanol–water partition coefficient (Wildman–Crippen LogP) is 3.57. The van der Waals surface area contributed by atoms with Gasteiger partial charge in [0.05, 0.1) is 6.10 Å². The summed E-state index contributed by atoms with van der Waals surface area (Å²) < 4.78 is 14.4. The molecule has 0 spiro atoms. The van der Waals surface area contributed by atoms with Crippen molar-refractivity contribution >= 4 is 15.9 Å². The van der Waals surface area contributed by atoms with Crippen LogP contribution < -0.4 is 0 Å². The normalized spacial score (nSPS) is 12.4. The van der Waals surface area contributed by atoms with Crippen LogP contribution in [0.2, 0.25) is 0 Å². The summed E-state index contributed by atoms with van der Waals surface area (Å²) in [6.45, 7) is 1.90. The average Bonchev–Trinajstić information content (AvgIpc) is 2.34. The molecule has 0 saturated heterocycles. The topological polar surface area (TPSA) is 33.1 Å². The first kappa shape index (κ1) is 13.2. The smallest absolute Gasteiger partial charge is 0.126 e. The van der Waals surface area contributed by atoms with Crippen molar-refractivity contribution in [3.05, 3.63) is 63.6 Å². The van der Waals surface area contributed by atoms with Crippen LogP contribution in [0.4, 0.5) is 4.39 Å². The van der Waals surface area contributed by atoms with E-state index >= 15 is 0 Å². The highest BCUT2D eigenvalue weighted by Crippen LogP contribution is 2.24. The van der Waals surface area contributed by atoms with Crippen molar-refractivity contribution in [2.24, 2.45) is 0 Å². The van der Waals surface area contributed by atoms with Crippen molar-refractivity contribution in [2.75, 3.05) is 0 Å². The Morgan fingerprint density at radius 2 is 2.17 bits per heavy atom. The Morgan fingerprint density at radius 3 is 2.89 bits per heavy atom. The minimum absolute atomic E-state index is 0.234. The summed E-state index contributed by atoms with van der Waals surface area (Å²) in [6.07, 6.45) is 2.78. The average molecular weight is 310 g/mol. The molecular formula is C14H13BrFNO. The molecule has 0 amide bonds. The molecule has 2 nitrogen and oxygen atoms in total. The van der Waals surface area contributed by atoms with E-state index < -0.39 is 6.10 Å². The molecule has 1 unspecified atom stereocenters. The molecule has 2 aromatic rings. The molecular weight excluding hydrogens is 297 g/mol. The first-order valence-corrected chi connectivity index (χ1v) is 6.39. The summed E-state index contributed by atoms with van der Waals surface area (Å²) in [4.78, 5) is 3.99. The quantitative estimate of drug-likeness (QED) is 0.940. The van der Waals surface area contributed by atoms with Gasteiger partial charge in [0, 0.05) is 28.9 Å². The van der Waals surface area contributed by atoms with Gasteiger partial charge in [-0.15, -0.1) is 0 Å². The third-order valence-electron chi connectivity index (χ3n) is 2.86. The molecule has 0 saturated carbocycles. The van der Waals surface area contributed by atoms with Crippen LogP contribution in [0.1, 0.15) is 22.8 Å². The van der Waals surface area contributed by atoms with Gasteiger partial charge in [0.25, 0.3) is 0 Å². The SMILES string of the molecule is Cc1ccncc1C(O)Cc1cc(Br)ccc1F. The van der Waals surface area contributed by atoms with Crippen LogP contribution in [-0.4, -0.2) is 10.1 Å². The van der Waals surface area contributed by atoms with E-state index in [-0.39, 0.29) is 12.2 Å². The molecule has 0 aliphatic heterocycles. The number of rotatable bonds is 3. The maximum Gasteiger partial charge on any atom is 0.126 e. The molecule has 1 aromatic heterocycles. The number of hydrogen-bond acceptors (Lipinski definition) is 2. The van der Waals surface area contributed by atoms with Gasteiger partial charge in [-0.3, -0.25) is 4.98 Å². The highest BCUT2D eigenvalue weighted by atomic mass is 79.9. The molecule has 0 fully saturated rings.